The molecule has 0 bridgehead atoms. The fraction of sp³-hybridized carbons (Fsp3) is 0.630. The first-order chi connectivity index (χ1) is 16.5. The molecule has 0 aliphatic carbocycles. The zero-order valence-electron chi connectivity index (χ0n) is 20.6. The smallest absolute Gasteiger partial charge is 0.337 e. The van der Waals surface area contributed by atoms with Crippen molar-refractivity contribution in [1.82, 2.24) is 4.90 Å². The average molecular weight is 534 g/mol. The van der Waals surface area contributed by atoms with Crippen LogP contribution in [0, 0.1) is 11.8 Å². The number of methoxy groups -OCH3 is 2. The molecule has 7 heteroatoms. The highest BCUT2D eigenvalue weighted by atomic mass is 79.9. The summed E-state index contributed by atoms with van der Waals surface area (Å²) < 4.78 is 10.4. The van der Waals surface area contributed by atoms with Crippen LogP contribution in [0.4, 0.5) is 5.69 Å². The molecule has 0 unspecified atom stereocenters. The highest BCUT2D eigenvalue weighted by Crippen LogP contribution is 2.55. The summed E-state index contributed by atoms with van der Waals surface area (Å²) >= 11 is 3.51. The normalized spacial score (nSPS) is 28.8. The van der Waals surface area contributed by atoms with Gasteiger partial charge in [0.05, 0.1) is 31.5 Å². The van der Waals surface area contributed by atoms with Crippen molar-refractivity contribution in [2.24, 2.45) is 11.8 Å². The summed E-state index contributed by atoms with van der Waals surface area (Å²) in [6.45, 7) is 4.73. The monoisotopic (exact) mass is 532 g/mol. The Morgan fingerprint density at radius 1 is 1.24 bits per heavy atom. The molecule has 4 atom stereocenters. The zero-order valence-corrected chi connectivity index (χ0v) is 22.2. The topological polar surface area (TPSA) is 59.1 Å². The number of piperidine rings is 1. The van der Waals surface area contributed by atoms with E-state index in [1.807, 2.05) is 11.0 Å². The Labute approximate surface area is 211 Å². The highest BCUT2D eigenvalue weighted by molar-refractivity contribution is 9.09. The second-order valence-electron chi connectivity index (χ2n) is 9.77. The third kappa shape index (κ3) is 4.19. The summed E-state index contributed by atoms with van der Waals surface area (Å²) in [5.74, 6) is 0.224. The van der Waals surface area contributed by atoms with Gasteiger partial charge in [0.25, 0.3) is 0 Å². The molecule has 2 fully saturated rings. The number of halogens is 1. The lowest BCUT2D eigenvalue weighted by Gasteiger charge is -2.45. The fourth-order valence-corrected chi connectivity index (χ4v) is 6.99. The van der Waals surface area contributed by atoms with E-state index in [1.165, 1.54) is 7.11 Å². The van der Waals surface area contributed by atoms with Gasteiger partial charge in [-0.3, -0.25) is 9.69 Å². The first-order valence-electron chi connectivity index (χ1n) is 12.6. The molecular formula is C27H37BrN2O4. The summed E-state index contributed by atoms with van der Waals surface area (Å²) in [5.41, 5.74) is 2.28. The largest absolute Gasteiger partial charge is 0.504 e. The predicted molar refractivity (Wildman–Crippen MR) is 137 cm³/mol. The van der Waals surface area contributed by atoms with Crippen LogP contribution in [0.15, 0.2) is 36.1 Å². The van der Waals surface area contributed by atoms with Crippen LogP contribution in [0.3, 0.4) is 0 Å². The van der Waals surface area contributed by atoms with Crippen LogP contribution in [0.25, 0.3) is 0 Å². The number of fused-ring (bicyclic) bond motifs is 4. The number of esters is 1. The van der Waals surface area contributed by atoms with E-state index in [0.29, 0.717) is 11.5 Å². The Bertz CT molecular complexity index is 935. The van der Waals surface area contributed by atoms with Gasteiger partial charge in [-0.2, -0.15) is 0 Å². The van der Waals surface area contributed by atoms with E-state index in [4.69, 9.17) is 9.47 Å². The molecule has 0 N–H and O–H groups in total. The summed E-state index contributed by atoms with van der Waals surface area (Å²) in [7, 11) is 2.99. The third-order valence-electron chi connectivity index (χ3n) is 8.23. The fourth-order valence-electron chi connectivity index (χ4n) is 6.59. The first-order valence-corrected chi connectivity index (χ1v) is 13.7. The highest BCUT2D eigenvalue weighted by Gasteiger charge is 2.61. The average Bonchev–Trinajstić information content (AvgIpc) is 3.35. The summed E-state index contributed by atoms with van der Waals surface area (Å²) in [6, 6.07) is 8.42. The van der Waals surface area contributed by atoms with E-state index in [0.717, 1.165) is 74.7 Å². The van der Waals surface area contributed by atoms with Crippen LogP contribution in [-0.4, -0.2) is 62.0 Å². The standard InChI is InChI=1S/C27H37BrN2O4/c1-4-19-17-29-15-12-27(24(29)16-20(19)21(18-33-2)25(31)34-3)22-10-6-7-11-23(22)30(26(27)32)14-9-5-8-13-28/h6-7,10-11,18-20,24H,4-5,8-9,12-17H2,1-3H3/b21-18+/t19-,20-,24-,27+/m0/s1. The quantitative estimate of drug-likeness (QED) is 0.152. The van der Waals surface area contributed by atoms with Gasteiger partial charge in [-0.25, -0.2) is 4.79 Å². The van der Waals surface area contributed by atoms with Gasteiger partial charge in [-0.05, 0) is 55.7 Å². The number of anilines is 1. The second kappa shape index (κ2) is 10.8. The molecule has 1 aromatic carbocycles. The van der Waals surface area contributed by atoms with Crippen molar-refractivity contribution in [2.75, 3.05) is 44.1 Å². The van der Waals surface area contributed by atoms with Gasteiger partial charge in [0.15, 0.2) is 0 Å². The van der Waals surface area contributed by atoms with Gasteiger partial charge in [0, 0.05) is 30.1 Å². The number of carbonyl (C=O) groups is 2. The number of para-hydroxylation sites is 1. The molecule has 0 aromatic heterocycles. The van der Waals surface area contributed by atoms with Gasteiger partial charge in [-0.1, -0.05) is 53.9 Å². The number of nitrogens with zero attached hydrogens (tertiary/aromatic N) is 2. The minimum Gasteiger partial charge on any atom is -0.504 e. The zero-order chi connectivity index (χ0) is 24.3. The van der Waals surface area contributed by atoms with Crippen molar-refractivity contribution in [3.63, 3.8) is 0 Å². The maximum atomic E-state index is 14.2. The summed E-state index contributed by atoms with van der Waals surface area (Å²) in [5, 5.41) is 0.996. The van der Waals surface area contributed by atoms with E-state index in [1.54, 1.807) is 13.4 Å². The van der Waals surface area contributed by atoms with Crippen molar-refractivity contribution >= 4 is 33.5 Å². The van der Waals surface area contributed by atoms with E-state index in [-0.39, 0.29) is 23.8 Å². The van der Waals surface area contributed by atoms with Crippen molar-refractivity contribution in [3.05, 3.63) is 41.7 Å². The predicted octanol–water partition coefficient (Wildman–Crippen LogP) is 4.66. The van der Waals surface area contributed by atoms with Gasteiger partial charge in [0.2, 0.25) is 5.91 Å². The number of hydrogen-bond acceptors (Lipinski definition) is 5. The number of amides is 1. The Morgan fingerprint density at radius 3 is 2.74 bits per heavy atom. The van der Waals surface area contributed by atoms with Crippen LogP contribution in [-0.2, 0) is 24.5 Å². The summed E-state index contributed by atoms with van der Waals surface area (Å²) in [4.78, 5) is 31.4. The van der Waals surface area contributed by atoms with Crippen molar-refractivity contribution in [1.29, 1.82) is 0 Å². The molecule has 0 radical (unpaired) electrons. The minimum atomic E-state index is -0.544. The molecule has 3 aliphatic rings. The Balaban J connectivity index is 1.69. The van der Waals surface area contributed by atoms with Crippen LogP contribution >= 0.6 is 15.9 Å². The third-order valence-corrected chi connectivity index (χ3v) is 8.79. The molecule has 1 aromatic rings. The molecule has 0 saturated carbocycles. The Hall–Kier alpha value is -1.86. The van der Waals surface area contributed by atoms with Crippen molar-refractivity contribution < 1.29 is 19.1 Å². The van der Waals surface area contributed by atoms with Gasteiger partial charge < -0.3 is 14.4 Å². The lowest BCUT2D eigenvalue weighted by Crippen LogP contribution is -2.55. The lowest BCUT2D eigenvalue weighted by molar-refractivity contribution is -0.137. The molecule has 1 spiro atoms. The number of unbranched alkanes of at least 4 members (excludes halogenated alkanes) is 2. The van der Waals surface area contributed by atoms with Crippen LogP contribution < -0.4 is 4.90 Å². The number of carbonyl (C=O) groups excluding carboxylic acids is 2. The van der Waals surface area contributed by atoms with E-state index in [2.05, 4.69) is 46.0 Å². The number of rotatable bonds is 9. The van der Waals surface area contributed by atoms with E-state index < -0.39 is 5.41 Å². The second-order valence-corrected chi connectivity index (χ2v) is 10.6. The number of alkyl halides is 1. The SMILES string of the molecule is CC[C@H]1CN2CC[C@]3(C(=O)N(CCCCCBr)c4ccccc43)[C@@H]2C[C@@H]1/C(=C\OC)C(=O)OC. The van der Waals surface area contributed by atoms with Crippen molar-refractivity contribution in [2.45, 2.75) is 56.9 Å². The molecule has 6 nitrogen and oxygen atoms in total. The minimum absolute atomic E-state index is 0.00145. The molecule has 4 rings (SSSR count). The molecule has 186 valence electrons. The maximum Gasteiger partial charge on any atom is 0.337 e. The number of ether oxygens (including phenoxy) is 2. The number of hydrogen-bond donors (Lipinski definition) is 0. The van der Waals surface area contributed by atoms with Crippen molar-refractivity contribution in [3.8, 4) is 0 Å². The first kappa shape index (κ1) is 25.2. The summed E-state index contributed by atoms with van der Waals surface area (Å²) in [6.07, 6.45) is 7.31. The lowest BCUT2D eigenvalue weighted by atomic mass is 9.67. The van der Waals surface area contributed by atoms with E-state index >= 15 is 0 Å². The maximum absolute atomic E-state index is 14.2. The Kier molecular flexibility index (Phi) is 8.03. The van der Waals surface area contributed by atoms with Gasteiger partial charge >= 0.3 is 5.97 Å². The molecule has 3 heterocycles. The molecule has 1 amide bonds. The number of benzene rings is 1. The molecular weight excluding hydrogens is 496 g/mol. The van der Waals surface area contributed by atoms with Gasteiger partial charge in [0.1, 0.15) is 0 Å². The molecule has 34 heavy (non-hydrogen) atoms. The van der Waals surface area contributed by atoms with Gasteiger partial charge in [-0.15, -0.1) is 0 Å². The van der Waals surface area contributed by atoms with Crippen LogP contribution in [0.2, 0.25) is 0 Å². The molecule has 2 saturated heterocycles. The van der Waals surface area contributed by atoms with Crippen LogP contribution in [0.5, 0.6) is 0 Å². The molecule has 3 aliphatic heterocycles. The Morgan fingerprint density at radius 2 is 2.03 bits per heavy atom. The van der Waals surface area contributed by atoms with Crippen LogP contribution in [0.1, 0.15) is 51.0 Å². The van der Waals surface area contributed by atoms with E-state index in [9.17, 15) is 9.59 Å².